The Morgan fingerprint density at radius 2 is 2.30 bits per heavy atom. The van der Waals surface area contributed by atoms with E-state index in [2.05, 4.69) is 10.4 Å². The molecule has 0 bridgehead atoms. The maximum atomic E-state index is 13.7. The molecule has 0 spiro atoms. The summed E-state index contributed by atoms with van der Waals surface area (Å²) >= 11 is 0. The topological polar surface area (TPSA) is 73.9 Å². The van der Waals surface area contributed by atoms with E-state index >= 15 is 0 Å². The van der Waals surface area contributed by atoms with Crippen molar-refractivity contribution in [3.8, 4) is 6.07 Å². The normalized spacial score (nSPS) is 13.6. The third-order valence-corrected chi connectivity index (χ3v) is 3.05. The van der Waals surface area contributed by atoms with Crippen LogP contribution in [-0.4, -0.2) is 21.4 Å². The molecule has 0 fully saturated rings. The van der Waals surface area contributed by atoms with Gasteiger partial charge in [-0.2, -0.15) is 10.4 Å². The van der Waals surface area contributed by atoms with Gasteiger partial charge in [0.1, 0.15) is 11.4 Å². The molecule has 1 atom stereocenters. The minimum atomic E-state index is -1.17. The highest BCUT2D eigenvalue weighted by atomic mass is 19.1. The van der Waals surface area contributed by atoms with Crippen LogP contribution in [0, 0.1) is 17.1 Å². The van der Waals surface area contributed by atoms with Crippen molar-refractivity contribution in [1.82, 2.24) is 9.78 Å². The number of nitriles is 1. The lowest BCUT2D eigenvalue weighted by Gasteiger charge is -2.23. The fourth-order valence-electron chi connectivity index (χ4n) is 1.80. The van der Waals surface area contributed by atoms with Gasteiger partial charge in [-0.1, -0.05) is 0 Å². The van der Waals surface area contributed by atoms with Crippen LogP contribution in [-0.2, 0) is 12.6 Å². The molecule has 2 rings (SSSR count). The Kier molecular flexibility index (Phi) is 3.72. The molecule has 1 aromatic heterocycles. The van der Waals surface area contributed by atoms with Crippen molar-refractivity contribution < 1.29 is 9.50 Å². The van der Waals surface area contributed by atoms with Gasteiger partial charge in [-0.25, -0.2) is 4.39 Å². The molecule has 0 amide bonds. The summed E-state index contributed by atoms with van der Waals surface area (Å²) in [5.41, 5.74) is -0.0315. The quantitative estimate of drug-likeness (QED) is 0.890. The molecule has 5 nitrogen and oxygen atoms in total. The molecule has 0 radical (unpaired) electrons. The van der Waals surface area contributed by atoms with E-state index in [1.165, 1.54) is 12.1 Å². The number of hydrogen-bond donors (Lipinski definition) is 2. The van der Waals surface area contributed by atoms with Crippen LogP contribution in [0.15, 0.2) is 30.6 Å². The van der Waals surface area contributed by atoms with Gasteiger partial charge in [0.2, 0.25) is 0 Å². The number of aliphatic hydroxyl groups is 1. The van der Waals surface area contributed by atoms with Crippen LogP contribution in [0.4, 0.5) is 10.1 Å². The minimum absolute atomic E-state index is 0.127. The van der Waals surface area contributed by atoms with Crippen LogP contribution < -0.4 is 5.32 Å². The van der Waals surface area contributed by atoms with Gasteiger partial charge >= 0.3 is 0 Å². The van der Waals surface area contributed by atoms with Gasteiger partial charge in [-0.15, -0.1) is 0 Å². The summed E-state index contributed by atoms with van der Waals surface area (Å²) in [5.74, 6) is -0.522. The Labute approximate surface area is 116 Å². The first-order valence-corrected chi connectivity index (χ1v) is 6.07. The largest absolute Gasteiger partial charge is 0.383 e. The van der Waals surface area contributed by atoms with Gasteiger partial charge in [0.25, 0.3) is 0 Å². The van der Waals surface area contributed by atoms with Crippen LogP contribution in [0.5, 0.6) is 0 Å². The number of hydrogen-bond acceptors (Lipinski definition) is 4. The summed E-state index contributed by atoms with van der Waals surface area (Å²) in [6, 6.07) is 6.02. The van der Waals surface area contributed by atoms with E-state index in [1.807, 2.05) is 6.07 Å². The lowest BCUT2D eigenvalue weighted by molar-refractivity contribution is 0.0714. The van der Waals surface area contributed by atoms with Crippen molar-refractivity contribution in [3.05, 3.63) is 47.5 Å². The van der Waals surface area contributed by atoms with E-state index in [9.17, 15) is 9.50 Å². The van der Waals surface area contributed by atoms with E-state index in [4.69, 9.17) is 5.26 Å². The molecular weight excluding hydrogens is 259 g/mol. The van der Waals surface area contributed by atoms with E-state index < -0.39 is 11.4 Å². The predicted octanol–water partition coefficient (Wildman–Crippen LogP) is 1.75. The number of benzene rings is 1. The van der Waals surface area contributed by atoms with Crippen molar-refractivity contribution in [1.29, 1.82) is 5.26 Å². The van der Waals surface area contributed by atoms with Crippen molar-refractivity contribution in [2.24, 2.45) is 7.05 Å². The molecule has 1 heterocycles. The molecule has 0 aliphatic heterocycles. The van der Waals surface area contributed by atoms with Crippen LogP contribution >= 0.6 is 0 Å². The molecule has 20 heavy (non-hydrogen) atoms. The van der Waals surface area contributed by atoms with Crippen LogP contribution in [0.25, 0.3) is 0 Å². The zero-order valence-corrected chi connectivity index (χ0v) is 11.3. The van der Waals surface area contributed by atoms with Crippen LogP contribution in [0.1, 0.15) is 18.1 Å². The first kappa shape index (κ1) is 14.0. The summed E-state index contributed by atoms with van der Waals surface area (Å²) in [6.07, 6.45) is 3.27. The number of nitrogens with one attached hydrogen (secondary N) is 1. The predicted molar refractivity (Wildman–Crippen MR) is 72.4 cm³/mol. The van der Waals surface area contributed by atoms with Crippen molar-refractivity contribution in [3.63, 3.8) is 0 Å². The standard InChI is InChI=1S/C14H15FN4O/c1-14(20,11-7-18-19(2)8-11)9-17-13-4-3-10(6-16)5-12(13)15/h3-5,7-8,17,20H,9H2,1-2H3/t14-/m1/s1. The third kappa shape index (κ3) is 2.95. The zero-order chi connectivity index (χ0) is 14.8. The average molecular weight is 274 g/mol. The summed E-state index contributed by atoms with van der Waals surface area (Å²) < 4.78 is 15.3. The van der Waals surface area contributed by atoms with Crippen LogP contribution in [0.2, 0.25) is 0 Å². The highest BCUT2D eigenvalue weighted by molar-refractivity contribution is 5.49. The SMILES string of the molecule is Cn1cc([C@](C)(O)CNc2ccc(C#N)cc2F)cn1. The Morgan fingerprint density at radius 1 is 1.55 bits per heavy atom. The fourth-order valence-corrected chi connectivity index (χ4v) is 1.80. The molecule has 2 aromatic rings. The monoisotopic (exact) mass is 274 g/mol. The first-order chi connectivity index (χ1) is 9.42. The van der Waals surface area contributed by atoms with Gasteiger partial charge < -0.3 is 10.4 Å². The molecule has 0 saturated heterocycles. The second-order valence-corrected chi connectivity index (χ2v) is 4.84. The highest BCUT2D eigenvalue weighted by Crippen LogP contribution is 2.22. The van der Waals surface area contributed by atoms with Gasteiger partial charge in [-0.05, 0) is 25.1 Å². The van der Waals surface area contributed by atoms with Crippen LogP contribution in [0.3, 0.4) is 0 Å². The molecule has 1 aromatic carbocycles. The summed E-state index contributed by atoms with van der Waals surface area (Å²) in [5, 5.41) is 25.9. The number of aryl methyl sites for hydroxylation is 1. The zero-order valence-electron chi connectivity index (χ0n) is 11.3. The van der Waals surface area contributed by atoms with E-state index in [-0.39, 0.29) is 17.8 Å². The lowest BCUT2D eigenvalue weighted by Crippen LogP contribution is -2.30. The molecule has 6 heteroatoms. The van der Waals surface area contributed by atoms with Crippen molar-refractivity contribution >= 4 is 5.69 Å². The maximum absolute atomic E-state index is 13.7. The maximum Gasteiger partial charge on any atom is 0.147 e. The molecule has 0 saturated carbocycles. The van der Waals surface area contributed by atoms with E-state index in [0.29, 0.717) is 5.56 Å². The van der Waals surface area contributed by atoms with Gasteiger partial charge in [0.05, 0.1) is 23.5 Å². The number of anilines is 1. The lowest BCUT2D eigenvalue weighted by atomic mass is 9.99. The molecule has 104 valence electrons. The molecular formula is C14H15FN4O. The van der Waals surface area contributed by atoms with E-state index in [1.54, 1.807) is 31.0 Å². The number of rotatable bonds is 4. The third-order valence-electron chi connectivity index (χ3n) is 3.05. The van der Waals surface area contributed by atoms with Crippen molar-refractivity contribution in [2.45, 2.75) is 12.5 Å². The van der Waals surface area contributed by atoms with Gasteiger partial charge in [0.15, 0.2) is 0 Å². The molecule has 0 aliphatic carbocycles. The Bertz CT molecular complexity index is 657. The molecule has 0 unspecified atom stereocenters. The first-order valence-electron chi connectivity index (χ1n) is 6.07. The fraction of sp³-hybridized carbons (Fsp3) is 0.286. The van der Waals surface area contributed by atoms with Gasteiger partial charge in [-0.3, -0.25) is 4.68 Å². The summed E-state index contributed by atoms with van der Waals surface area (Å²) in [4.78, 5) is 0. The minimum Gasteiger partial charge on any atom is -0.383 e. The Balaban J connectivity index is 2.10. The second-order valence-electron chi connectivity index (χ2n) is 4.84. The Hall–Kier alpha value is -2.39. The van der Waals surface area contributed by atoms with Gasteiger partial charge in [0, 0.05) is 25.4 Å². The second kappa shape index (κ2) is 5.31. The number of nitrogens with zero attached hydrogens (tertiary/aromatic N) is 3. The van der Waals surface area contributed by atoms with E-state index in [0.717, 1.165) is 6.07 Å². The average Bonchev–Trinajstić information content (AvgIpc) is 2.85. The smallest absolute Gasteiger partial charge is 0.147 e. The summed E-state index contributed by atoms with van der Waals surface area (Å²) in [7, 11) is 1.76. The Morgan fingerprint density at radius 3 is 2.85 bits per heavy atom. The molecule has 2 N–H and O–H groups in total. The molecule has 0 aliphatic rings. The number of aromatic nitrogens is 2. The van der Waals surface area contributed by atoms with Crippen molar-refractivity contribution in [2.75, 3.05) is 11.9 Å². The number of halogens is 1. The highest BCUT2D eigenvalue weighted by Gasteiger charge is 2.24. The summed E-state index contributed by atoms with van der Waals surface area (Å²) in [6.45, 7) is 1.75.